The first kappa shape index (κ1) is 26.9. The van der Waals surface area contributed by atoms with Crippen LogP contribution in [-0.2, 0) is 13.8 Å². The Morgan fingerprint density at radius 3 is 1.52 bits per heavy atom. The molecule has 0 radical (unpaired) electrons. The number of phosphoric ester groups is 1. The molecule has 1 aliphatic heterocycles. The van der Waals surface area contributed by atoms with Crippen molar-refractivity contribution < 1.29 is 38.9 Å². The van der Waals surface area contributed by atoms with Crippen LogP contribution in [0.1, 0.15) is 71.1 Å². The molecule has 0 spiro atoms. The van der Waals surface area contributed by atoms with E-state index in [-0.39, 0.29) is 0 Å². The van der Waals surface area contributed by atoms with Gasteiger partial charge < -0.3 is 41.3 Å². The van der Waals surface area contributed by atoms with Gasteiger partial charge in [0.25, 0.3) is 0 Å². The van der Waals surface area contributed by atoms with E-state index in [1.54, 1.807) is 0 Å². The summed E-state index contributed by atoms with van der Waals surface area (Å²) in [7, 11) is -4.82. The van der Waals surface area contributed by atoms with Crippen LogP contribution in [0.2, 0.25) is 0 Å². The van der Waals surface area contributed by atoms with Gasteiger partial charge in [-0.05, 0) is 32.6 Å². The molecule has 0 amide bonds. The minimum absolute atomic E-state index is 0.536. The second-order valence-electron chi connectivity index (χ2n) is 8.07. The van der Waals surface area contributed by atoms with Gasteiger partial charge in [-0.2, -0.15) is 0 Å². The van der Waals surface area contributed by atoms with Gasteiger partial charge in [-0.3, -0.25) is 4.52 Å². The fourth-order valence-corrected chi connectivity index (χ4v) is 3.95. The molecule has 29 heavy (non-hydrogen) atoms. The van der Waals surface area contributed by atoms with Crippen LogP contribution >= 0.6 is 7.82 Å². The third-order valence-corrected chi connectivity index (χ3v) is 5.83. The maximum absolute atomic E-state index is 10.5. The summed E-state index contributed by atoms with van der Waals surface area (Å²) in [5.41, 5.74) is 11.3. The predicted octanol–water partition coefficient (Wildman–Crippen LogP) is 0.479. The highest BCUT2D eigenvalue weighted by molar-refractivity contribution is 7.46. The molecule has 2 aliphatic carbocycles. The van der Waals surface area contributed by atoms with Gasteiger partial charge in [0, 0.05) is 12.1 Å². The van der Waals surface area contributed by atoms with Gasteiger partial charge in [-0.1, -0.05) is 38.5 Å². The summed E-state index contributed by atoms with van der Waals surface area (Å²) < 4.78 is 19.4. The lowest BCUT2D eigenvalue weighted by atomic mass is 9.97. The van der Waals surface area contributed by atoms with Crippen molar-refractivity contribution in [3.05, 3.63) is 0 Å². The molecule has 11 heteroatoms. The number of ether oxygens (including phenoxy) is 1. The van der Waals surface area contributed by atoms with Crippen LogP contribution in [0.4, 0.5) is 0 Å². The van der Waals surface area contributed by atoms with Gasteiger partial charge in [-0.25, -0.2) is 4.57 Å². The summed E-state index contributed by atoms with van der Waals surface area (Å²) in [6.45, 7) is 1.37. The van der Waals surface area contributed by atoms with Crippen molar-refractivity contribution in [2.75, 3.05) is 0 Å². The Kier molecular flexibility index (Phi) is 12.4. The Bertz CT molecular complexity index is 466. The second-order valence-corrected chi connectivity index (χ2v) is 9.27. The van der Waals surface area contributed by atoms with Crippen molar-refractivity contribution in [3.63, 3.8) is 0 Å². The fourth-order valence-electron chi connectivity index (χ4n) is 3.50. The Labute approximate surface area is 172 Å². The van der Waals surface area contributed by atoms with E-state index in [1.807, 2.05) is 0 Å². The van der Waals surface area contributed by atoms with E-state index in [1.165, 1.54) is 71.1 Å². The first-order chi connectivity index (χ1) is 13.5. The first-order valence-electron chi connectivity index (χ1n) is 10.5. The maximum Gasteiger partial charge on any atom is 0.472 e. The number of hydrogen-bond acceptors (Lipinski definition) is 8. The Hall–Kier alpha value is -0.130. The highest BCUT2D eigenvalue weighted by atomic mass is 31.2. The van der Waals surface area contributed by atoms with Gasteiger partial charge >= 0.3 is 7.82 Å². The highest BCUT2D eigenvalue weighted by Gasteiger charge is 2.44. The lowest BCUT2D eigenvalue weighted by Crippen LogP contribution is -2.57. The zero-order valence-electron chi connectivity index (χ0n) is 17.2. The summed E-state index contributed by atoms with van der Waals surface area (Å²) in [5, 5.41) is 27.8. The molecule has 0 unspecified atom stereocenters. The minimum Gasteiger partial charge on any atom is -0.388 e. The fraction of sp³-hybridized carbons (Fsp3) is 1.00. The molecule has 3 aliphatic rings. The number of aliphatic hydroxyl groups is 3. The molecular weight excluding hydrogens is 403 g/mol. The van der Waals surface area contributed by atoms with E-state index in [0.29, 0.717) is 12.1 Å². The molecule has 3 fully saturated rings. The van der Waals surface area contributed by atoms with E-state index < -0.39 is 38.5 Å². The molecule has 0 aromatic rings. The number of nitrogens with two attached hydrogens (primary N) is 2. The van der Waals surface area contributed by atoms with Crippen LogP contribution in [0.25, 0.3) is 0 Å². The molecule has 1 saturated heterocycles. The molecule has 0 bridgehead atoms. The Morgan fingerprint density at radius 1 is 0.793 bits per heavy atom. The molecule has 9 N–H and O–H groups in total. The van der Waals surface area contributed by atoms with Gasteiger partial charge in [-0.15, -0.1) is 0 Å². The van der Waals surface area contributed by atoms with Crippen molar-refractivity contribution in [3.8, 4) is 0 Å². The standard InChI is InChI=1S/2C6H13N.C6H13O8P/c2*7-6-4-2-1-3-5-6;1-2-3(7)4(8)5(9)6(13-2)14-15(10,11)12/h2*6H,1-5,7H2;2-9H,1H3,(H2,10,11,12)/t;;2-,3+,4+,5-,6+/m..0/s1. The smallest absolute Gasteiger partial charge is 0.388 e. The third-order valence-electron chi connectivity index (χ3n) is 5.35. The van der Waals surface area contributed by atoms with Crippen LogP contribution in [0.15, 0.2) is 0 Å². The van der Waals surface area contributed by atoms with E-state index in [4.69, 9.17) is 26.0 Å². The summed E-state index contributed by atoms with van der Waals surface area (Å²) in [5.74, 6) is 0. The lowest BCUT2D eigenvalue weighted by molar-refractivity contribution is -0.271. The zero-order valence-corrected chi connectivity index (χ0v) is 18.1. The molecule has 1 heterocycles. The summed E-state index contributed by atoms with van der Waals surface area (Å²) in [4.78, 5) is 17.0. The second kappa shape index (κ2) is 13.3. The number of rotatable bonds is 2. The average molecular weight is 442 g/mol. The predicted molar refractivity (Wildman–Crippen MR) is 108 cm³/mol. The van der Waals surface area contributed by atoms with Gasteiger partial charge in [0.1, 0.15) is 18.3 Å². The van der Waals surface area contributed by atoms with Gasteiger partial charge in [0.15, 0.2) is 6.29 Å². The molecule has 5 atom stereocenters. The Morgan fingerprint density at radius 2 is 1.21 bits per heavy atom. The van der Waals surface area contributed by atoms with Crippen molar-refractivity contribution in [2.24, 2.45) is 11.5 Å². The summed E-state index contributed by atoms with van der Waals surface area (Å²) in [6.07, 6.45) is 6.12. The molecule has 3 rings (SSSR count). The normalized spacial score (nSPS) is 34.4. The number of aliphatic hydroxyl groups excluding tert-OH is 3. The van der Waals surface area contributed by atoms with Crippen molar-refractivity contribution in [2.45, 2.75) is 114 Å². The van der Waals surface area contributed by atoms with E-state index in [9.17, 15) is 19.9 Å². The largest absolute Gasteiger partial charge is 0.472 e. The van der Waals surface area contributed by atoms with Gasteiger partial charge in [0.05, 0.1) is 6.10 Å². The highest BCUT2D eigenvalue weighted by Crippen LogP contribution is 2.40. The van der Waals surface area contributed by atoms with Crippen LogP contribution in [0.3, 0.4) is 0 Å². The molecule has 0 aromatic carbocycles. The van der Waals surface area contributed by atoms with Gasteiger partial charge in [0.2, 0.25) is 0 Å². The average Bonchev–Trinajstić information content (AvgIpc) is 2.66. The SMILES string of the molecule is C[C@@H]1O[C@H](OP(=O)(O)O)[C@@H](O)[C@H](O)[C@@H]1O.NC1CCCCC1.NC1CCCCC1. The van der Waals surface area contributed by atoms with E-state index >= 15 is 0 Å². The molecule has 174 valence electrons. The minimum atomic E-state index is -4.82. The first-order valence-corrected chi connectivity index (χ1v) is 12.0. The quantitative estimate of drug-likeness (QED) is 0.296. The molecular formula is C18H39N2O8P. The summed E-state index contributed by atoms with van der Waals surface area (Å²) in [6, 6.07) is 1.07. The van der Waals surface area contributed by atoms with Crippen LogP contribution in [0.5, 0.6) is 0 Å². The molecule has 0 aromatic heterocycles. The van der Waals surface area contributed by atoms with E-state index in [0.717, 1.165) is 0 Å². The topological polar surface area (TPSA) is 189 Å². The number of hydrogen-bond donors (Lipinski definition) is 7. The Balaban J connectivity index is 0.000000248. The number of phosphoric acid groups is 1. The third kappa shape index (κ3) is 11.2. The monoisotopic (exact) mass is 442 g/mol. The maximum atomic E-state index is 10.5. The summed E-state index contributed by atoms with van der Waals surface area (Å²) >= 11 is 0. The zero-order chi connectivity index (χ0) is 22.0. The van der Waals surface area contributed by atoms with Crippen molar-refractivity contribution >= 4 is 7.82 Å². The molecule has 2 saturated carbocycles. The van der Waals surface area contributed by atoms with Crippen molar-refractivity contribution in [1.29, 1.82) is 0 Å². The van der Waals surface area contributed by atoms with Crippen molar-refractivity contribution in [1.82, 2.24) is 0 Å². The molecule has 10 nitrogen and oxygen atoms in total. The van der Waals surface area contributed by atoms with Crippen LogP contribution < -0.4 is 11.5 Å². The van der Waals surface area contributed by atoms with Crippen LogP contribution in [0, 0.1) is 0 Å². The van der Waals surface area contributed by atoms with E-state index in [2.05, 4.69) is 4.52 Å². The lowest BCUT2D eigenvalue weighted by Gasteiger charge is -2.38. The van der Waals surface area contributed by atoms with Crippen LogP contribution in [-0.4, -0.2) is 67.9 Å².